The third-order valence-electron chi connectivity index (χ3n) is 9.89. The van der Waals surface area contributed by atoms with Crippen LogP contribution in [0.25, 0.3) is 33.6 Å². The van der Waals surface area contributed by atoms with Crippen LogP contribution in [0.2, 0.25) is 15.1 Å². The zero-order chi connectivity index (χ0) is 35.6. The Morgan fingerprint density at radius 2 is 1.65 bits per heavy atom. The maximum atomic E-state index is 11.7. The van der Waals surface area contributed by atoms with Crippen molar-refractivity contribution in [2.75, 3.05) is 33.9 Å². The smallest absolute Gasteiger partial charge is 0.220 e. The lowest BCUT2D eigenvalue weighted by atomic mass is 9.93. The number of pyridine rings is 2. The van der Waals surface area contributed by atoms with E-state index in [2.05, 4.69) is 26.9 Å². The van der Waals surface area contributed by atoms with Crippen molar-refractivity contribution in [3.05, 3.63) is 80.4 Å². The van der Waals surface area contributed by atoms with Crippen molar-refractivity contribution in [1.29, 1.82) is 0 Å². The average Bonchev–Trinajstić information content (AvgIpc) is 3.75. The molecule has 2 atom stereocenters. The molecule has 0 unspecified atom stereocenters. The molecule has 10 nitrogen and oxygen atoms in total. The van der Waals surface area contributed by atoms with Crippen LogP contribution >= 0.6 is 34.8 Å². The van der Waals surface area contributed by atoms with Gasteiger partial charge in [-0.05, 0) is 49.1 Å². The summed E-state index contributed by atoms with van der Waals surface area (Å²) in [7, 11) is 3.24. The Morgan fingerprint density at radius 3 is 2.37 bits per heavy atom. The molecule has 2 aromatic carbocycles. The van der Waals surface area contributed by atoms with E-state index in [1.165, 1.54) is 5.56 Å². The predicted octanol–water partition coefficient (Wildman–Crippen LogP) is 6.46. The van der Waals surface area contributed by atoms with E-state index in [4.69, 9.17) is 54.2 Å². The highest BCUT2D eigenvalue weighted by Gasteiger charge is 2.28. The van der Waals surface area contributed by atoms with Crippen molar-refractivity contribution >= 4 is 46.6 Å². The molecule has 2 aromatic heterocycles. The molecule has 4 aromatic rings. The van der Waals surface area contributed by atoms with E-state index < -0.39 is 0 Å². The number of nitrogens with zero attached hydrogens (tertiary/aromatic N) is 3. The molecule has 0 radical (unpaired) electrons. The van der Waals surface area contributed by atoms with Crippen molar-refractivity contribution in [2.45, 2.75) is 57.3 Å². The summed E-state index contributed by atoms with van der Waals surface area (Å²) >= 11 is 21.1. The van der Waals surface area contributed by atoms with Gasteiger partial charge in [-0.25, -0.2) is 4.98 Å². The number of aromatic nitrogens is 2. The Morgan fingerprint density at radius 1 is 0.902 bits per heavy atom. The minimum atomic E-state index is 0.0757. The van der Waals surface area contributed by atoms with E-state index in [9.17, 15) is 9.59 Å². The summed E-state index contributed by atoms with van der Waals surface area (Å²) < 4.78 is 11.6. The Kier molecular flexibility index (Phi) is 10.7. The molecule has 2 saturated heterocycles. The standard InChI is InChI=1S/C38H39Cl3N6O4/c1-50-32-15-22(14-21-11-13-47(20-29(21)32)19-24-7-9-34(49)45-24)37-36(41)26(10-12-43-37)25-4-3-5-27(35(25)40)31-16-30(39)28(38(46-31)51-2)18-42-17-23-6-8-33(48)44-23/h3-5,10,12,14-16,23-24,42H,6-9,11,13,17-20H2,1-2H3,(H,44,48)(H,45,49)/t23-,24-/m0/s1. The van der Waals surface area contributed by atoms with Crippen LogP contribution in [0.15, 0.2) is 48.7 Å². The lowest BCUT2D eigenvalue weighted by Crippen LogP contribution is -2.41. The third kappa shape index (κ3) is 7.52. The van der Waals surface area contributed by atoms with Gasteiger partial charge in [-0.1, -0.05) is 53.0 Å². The molecule has 51 heavy (non-hydrogen) atoms. The second-order valence-electron chi connectivity index (χ2n) is 13.2. The van der Waals surface area contributed by atoms with Gasteiger partial charge in [-0.15, -0.1) is 0 Å². The zero-order valence-corrected chi connectivity index (χ0v) is 30.7. The summed E-state index contributed by atoms with van der Waals surface area (Å²) in [5, 5.41) is 10.8. The molecule has 7 rings (SSSR count). The largest absolute Gasteiger partial charge is 0.496 e. The number of fused-ring (bicyclic) bond motifs is 1. The van der Waals surface area contributed by atoms with Gasteiger partial charge in [0.15, 0.2) is 0 Å². The van der Waals surface area contributed by atoms with Crippen LogP contribution in [0.1, 0.15) is 42.4 Å². The quantitative estimate of drug-likeness (QED) is 0.160. The summed E-state index contributed by atoms with van der Waals surface area (Å²) in [6, 6.07) is 13.8. The highest BCUT2D eigenvalue weighted by atomic mass is 35.5. The molecule has 5 heterocycles. The fourth-order valence-corrected chi connectivity index (χ4v) is 8.16. The molecule has 0 spiro atoms. The van der Waals surface area contributed by atoms with Crippen LogP contribution in [-0.4, -0.2) is 72.6 Å². The second-order valence-corrected chi connectivity index (χ2v) is 14.4. The molecule has 266 valence electrons. The average molecular weight is 750 g/mol. The maximum Gasteiger partial charge on any atom is 0.220 e. The van der Waals surface area contributed by atoms with Crippen LogP contribution in [0.3, 0.4) is 0 Å². The summed E-state index contributed by atoms with van der Waals surface area (Å²) in [4.78, 5) is 35.1. The van der Waals surface area contributed by atoms with Crippen molar-refractivity contribution < 1.29 is 19.1 Å². The first-order valence-electron chi connectivity index (χ1n) is 17.1. The SMILES string of the molecule is COc1cc(-c2nccc(-c3cccc(-c4cc(Cl)c(CNC[C@@H]5CCC(=O)N5)c(OC)n4)c3Cl)c2Cl)cc2c1CN(C[C@@H]1CCC(=O)N1)CC2. The van der Waals surface area contributed by atoms with E-state index in [0.717, 1.165) is 72.5 Å². The van der Waals surface area contributed by atoms with Crippen LogP contribution < -0.4 is 25.4 Å². The highest BCUT2D eigenvalue weighted by molar-refractivity contribution is 6.39. The maximum absolute atomic E-state index is 11.7. The normalized spacial score (nSPS) is 18.8. The number of hydrogen-bond acceptors (Lipinski definition) is 8. The number of hydrogen-bond donors (Lipinski definition) is 3. The summed E-state index contributed by atoms with van der Waals surface area (Å²) in [5.41, 5.74) is 7.24. The summed E-state index contributed by atoms with van der Waals surface area (Å²) in [5.74, 6) is 1.38. The molecule has 3 aliphatic rings. The van der Waals surface area contributed by atoms with Gasteiger partial charge in [-0.2, -0.15) is 0 Å². The number of amides is 2. The monoisotopic (exact) mass is 748 g/mol. The number of ether oxygens (including phenoxy) is 2. The topological polar surface area (TPSA) is 118 Å². The van der Waals surface area contributed by atoms with Gasteiger partial charge in [-0.3, -0.25) is 19.5 Å². The van der Waals surface area contributed by atoms with E-state index >= 15 is 0 Å². The van der Waals surface area contributed by atoms with Gasteiger partial charge in [0.05, 0.1) is 40.7 Å². The molecule has 0 bridgehead atoms. The molecule has 3 N–H and O–H groups in total. The van der Waals surface area contributed by atoms with E-state index in [-0.39, 0.29) is 23.9 Å². The third-order valence-corrected chi connectivity index (χ3v) is 11.0. The molecule has 0 saturated carbocycles. The highest BCUT2D eigenvalue weighted by Crippen LogP contribution is 2.43. The first-order valence-corrected chi connectivity index (χ1v) is 18.2. The lowest BCUT2D eigenvalue weighted by molar-refractivity contribution is -0.120. The van der Waals surface area contributed by atoms with Gasteiger partial charge < -0.3 is 25.4 Å². The summed E-state index contributed by atoms with van der Waals surface area (Å²) in [6.45, 7) is 3.50. The number of carbonyl (C=O) groups is 2. The molecular weight excluding hydrogens is 711 g/mol. The first kappa shape index (κ1) is 35.5. The number of benzene rings is 2. The van der Waals surface area contributed by atoms with Crippen LogP contribution in [0, 0.1) is 0 Å². The molecular formula is C38H39Cl3N6O4. The van der Waals surface area contributed by atoms with Gasteiger partial charge in [0.1, 0.15) is 5.75 Å². The minimum absolute atomic E-state index is 0.0757. The van der Waals surface area contributed by atoms with E-state index in [1.54, 1.807) is 26.5 Å². The number of rotatable bonds is 11. The Bertz CT molecular complexity index is 1970. The van der Waals surface area contributed by atoms with Gasteiger partial charge in [0.25, 0.3) is 0 Å². The molecule has 2 amide bonds. The van der Waals surface area contributed by atoms with Crippen LogP contribution in [0.5, 0.6) is 11.6 Å². The Balaban J connectivity index is 1.14. The van der Waals surface area contributed by atoms with Crippen LogP contribution in [-0.2, 0) is 29.1 Å². The van der Waals surface area contributed by atoms with E-state index in [1.807, 2.05) is 30.3 Å². The van der Waals surface area contributed by atoms with Gasteiger partial charge in [0, 0.05) is 97.2 Å². The molecule has 2 fully saturated rings. The first-order chi connectivity index (χ1) is 24.7. The van der Waals surface area contributed by atoms with Gasteiger partial charge in [0.2, 0.25) is 17.7 Å². The molecule has 0 aliphatic carbocycles. The fourth-order valence-electron chi connectivity index (χ4n) is 7.27. The zero-order valence-electron chi connectivity index (χ0n) is 28.5. The van der Waals surface area contributed by atoms with Crippen molar-refractivity contribution in [3.63, 3.8) is 0 Å². The summed E-state index contributed by atoms with van der Waals surface area (Å²) in [6.07, 6.45) is 5.40. The Labute approximate surface area is 312 Å². The molecule has 13 heteroatoms. The second kappa shape index (κ2) is 15.4. The number of methoxy groups -OCH3 is 2. The van der Waals surface area contributed by atoms with Crippen molar-refractivity contribution in [3.8, 4) is 45.3 Å². The Hall–Kier alpha value is -3.93. The van der Waals surface area contributed by atoms with E-state index in [0.29, 0.717) is 63.8 Å². The predicted molar refractivity (Wildman–Crippen MR) is 199 cm³/mol. The lowest BCUT2D eigenvalue weighted by Gasteiger charge is -2.32. The van der Waals surface area contributed by atoms with Gasteiger partial charge >= 0.3 is 0 Å². The van der Waals surface area contributed by atoms with Crippen LogP contribution in [0.4, 0.5) is 0 Å². The number of nitrogens with one attached hydrogen (secondary N) is 3. The number of carbonyl (C=O) groups excluding carboxylic acids is 2. The minimum Gasteiger partial charge on any atom is -0.496 e. The molecule has 3 aliphatic heterocycles. The number of halogens is 3. The van der Waals surface area contributed by atoms with Crippen molar-refractivity contribution in [1.82, 2.24) is 30.8 Å². The van der Waals surface area contributed by atoms with Crippen molar-refractivity contribution in [2.24, 2.45) is 0 Å². The fraction of sp³-hybridized carbons (Fsp3) is 0.368.